The molecule has 1 atom stereocenters. The lowest BCUT2D eigenvalue weighted by Gasteiger charge is -2.30. The van der Waals surface area contributed by atoms with Crippen molar-refractivity contribution in [1.29, 1.82) is 0 Å². The molecule has 0 saturated heterocycles. The molecule has 0 saturated carbocycles. The third kappa shape index (κ3) is 4.07. The van der Waals surface area contributed by atoms with Gasteiger partial charge < -0.3 is 15.5 Å². The van der Waals surface area contributed by atoms with Crippen molar-refractivity contribution in [3.8, 4) is 0 Å². The Hall–Kier alpha value is -0.940. The molecule has 0 aliphatic rings. The molecule has 0 bridgehead atoms. The number of nitrogens with two attached hydrogens (primary N) is 1. The monoisotopic (exact) mass is 270 g/mol. The quantitative estimate of drug-likeness (QED) is 0.779. The second kappa shape index (κ2) is 6.29. The van der Waals surface area contributed by atoms with Gasteiger partial charge in [0, 0.05) is 6.54 Å². The average molecular weight is 270 g/mol. The molecule has 0 aliphatic heterocycles. The first kappa shape index (κ1) is 15.1. The summed E-state index contributed by atoms with van der Waals surface area (Å²) >= 11 is 1.47. The predicted molar refractivity (Wildman–Crippen MR) is 74.9 cm³/mol. The number of hydrogen-bond donors (Lipinski definition) is 2. The lowest BCUT2D eigenvalue weighted by atomic mass is 9.90. The normalized spacial score (nSPS) is 14.6. The van der Waals surface area contributed by atoms with Crippen LogP contribution in [0.4, 0.5) is 0 Å². The largest absolute Gasteiger partial charge is 0.445 e. The fourth-order valence-corrected chi connectivity index (χ4v) is 2.35. The van der Waals surface area contributed by atoms with Crippen LogP contribution in [0.1, 0.15) is 37.7 Å². The lowest BCUT2D eigenvalue weighted by molar-refractivity contribution is 0.0864. The Morgan fingerprint density at radius 3 is 2.67 bits per heavy atom. The van der Waals surface area contributed by atoms with Gasteiger partial charge in [-0.25, -0.2) is 0 Å². The van der Waals surface area contributed by atoms with Crippen molar-refractivity contribution in [2.24, 2.45) is 11.7 Å². The highest BCUT2D eigenvalue weighted by Crippen LogP contribution is 2.20. The second-order valence-electron chi connectivity index (χ2n) is 5.14. The smallest absolute Gasteiger partial charge is 0.287 e. The van der Waals surface area contributed by atoms with E-state index in [4.69, 9.17) is 10.2 Å². The third-order valence-corrected chi connectivity index (χ3v) is 3.35. The molecule has 0 aliphatic carbocycles. The van der Waals surface area contributed by atoms with Crippen molar-refractivity contribution >= 4 is 17.7 Å². The van der Waals surface area contributed by atoms with Crippen LogP contribution in [0.3, 0.4) is 0 Å². The number of rotatable bonds is 6. The van der Waals surface area contributed by atoms with Crippen LogP contribution in [-0.2, 0) is 0 Å². The fourth-order valence-electron chi connectivity index (χ4n) is 1.97. The van der Waals surface area contributed by atoms with E-state index < -0.39 is 5.54 Å². The number of hydrogen-bond acceptors (Lipinski definition) is 4. The number of carbonyl (C=O) groups excluding carboxylic acids is 1. The van der Waals surface area contributed by atoms with Crippen molar-refractivity contribution in [3.05, 3.63) is 17.9 Å². The van der Waals surface area contributed by atoms with Gasteiger partial charge in [-0.15, -0.1) is 0 Å². The van der Waals surface area contributed by atoms with Crippen LogP contribution in [0, 0.1) is 5.92 Å². The molecular formula is C13H22N2O2S. The molecule has 1 amide bonds. The number of amides is 1. The zero-order chi connectivity index (χ0) is 13.8. The summed E-state index contributed by atoms with van der Waals surface area (Å²) in [4.78, 5) is 12.1. The molecule has 5 heteroatoms. The minimum atomic E-state index is -0.391. The van der Waals surface area contributed by atoms with Gasteiger partial charge in [0.2, 0.25) is 0 Å². The van der Waals surface area contributed by atoms with Gasteiger partial charge in [-0.3, -0.25) is 4.79 Å². The summed E-state index contributed by atoms with van der Waals surface area (Å²) in [5.41, 5.74) is 5.37. The predicted octanol–water partition coefficient (Wildman–Crippen LogP) is 2.49. The van der Waals surface area contributed by atoms with Gasteiger partial charge in [0.15, 0.2) is 10.9 Å². The van der Waals surface area contributed by atoms with E-state index in [1.807, 2.05) is 13.2 Å². The molecule has 3 N–H and O–H groups in total. The molecule has 1 heterocycles. The van der Waals surface area contributed by atoms with Gasteiger partial charge in [0.1, 0.15) is 0 Å². The number of furan rings is 1. The first-order valence-corrected chi connectivity index (χ1v) is 7.29. The molecule has 0 radical (unpaired) electrons. The first-order valence-electron chi connectivity index (χ1n) is 6.06. The van der Waals surface area contributed by atoms with E-state index >= 15 is 0 Å². The Labute approximate surface area is 113 Å². The van der Waals surface area contributed by atoms with E-state index in [1.54, 1.807) is 12.1 Å². The Kier molecular flexibility index (Phi) is 5.28. The zero-order valence-corrected chi connectivity index (χ0v) is 12.3. The topological polar surface area (TPSA) is 68.3 Å². The van der Waals surface area contributed by atoms with E-state index in [2.05, 4.69) is 19.2 Å². The van der Waals surface area contributed by atoms with Gasteiger partial charge in [0.05, 0.1) is 5.54 Å². The Morgan fingerprint density at radius 1 is 1.56 bits per heavy atom. The molecular weight excluding hydrogens is 248 g/mol. The standard InChI is InChI=1S/C13H22N2O2S/c1-9(2)7-13(3,8-14)15-12(16)10-5-6-11(17-10)18-4/h5-6,9H,7-8,14H2,1-4H3,(H,15,16). The first-order chi connectivity index (χ1) is 8.40. The summed E-state index contributed by atoms with van der Waals surface area (Å²) in [6, 6.07) is 3.48. The third-order valence-electron chi connectivity index (χ3n) is 2.73. The summed E-state index contributed by atoms with van der Waals surface area (Å²) in [7, 11) is 0. The number of thioether (sulfide) groups is 1. The van der Waals surface area contributed by atoms with E-state index in [1.165, 1.54) is 11.8 Å². The van der Waals surface area contributed by atoms with E-state index in [0.29, 0.717) is 18.2 Å². The van der Waals surface area contributed by atoms with Crippen molar-refractivity contribution < 1.29 is 9.21 Å². The van der Waals surface area contributed by atoms with Crippen LogP contribution in [0.25, 0.3) is 0 Å². The summed E-state index contributed by atoms with van der Waals surface area (Å²) in [5, 5.41) is 3.70. The van der Waals surface area contributed by atoms with Gasteiger partial charge in [-0.1, -0.05) is 25.6 Å². The van der Waals surface area contributed by atoms with Crippen LogP contribution in [0.2, 0.25) is 0 Å². The van der Waals surface area contributed by atoms with E-state index in [9.17, 15) is 4.79 Å². The molecule has 1 rings (SSSR count). The minimum absolute atomic E-state index is 0.205. The molecule has 1 unspecified atom stereocenters. The molecule has 4 nitrogen and oxygen atoms in total. The molecule has 1 aromatic heterocycles. The van der Waals surface area contributed by atoms with Crippen molar-refractivity contribution in [2.75, 3.05) is 12.8 Å². The Morgan fingerprint density at radius 2 is 2.22 bits per heavy atom. The molecule has 1 aromatic rings. The van der Waals surface area contributed by atoms with E-state index in [-0.39, 0.29) is 5.91 Å². The highest BCUT2D eigenvalue weighted by molar-refractivity contribution is 7.98. The van der Waals surface area contributed by atoms with Gasteiger partial charge >= 0.3 is 0 Å². The van der Waals surface area contributed by atoms with Gasteiger partial charge in [-0.2, -0.15) is 0 Å². The van der Waals surface area contributed by atoms with Crippen LogP contribution >= 0.6 is 11.8 Å². The molecule has 102 valence electrons. The summed E-state index contributed by atoms with van der Waals surface area (Å²) < 4.78 is 5.40. The lowest BCUT2D eigenvalue weighted by Crippen LogP contribution is -2.52. The number of nitrogens with one attached hydrogen (secondary N) is 1. The maximum absolute atomic E-state index is 12.1. The van der Waals surface area contributed by atoms with Crippen LogP contribution < -0.4 is 11.1 Å². The average Bonchev–Trinajstić information content (AvgIpc) is 2.76. The summed E-state index contributed by atoms with van der Waals surface area (Å²) in [5.74, 6) is 0.601. The van der Waals surface area contributed by atoms with Crippen LogP contribution in [-0.4, -0.2) is 24.2 Å². The molecule has 0 aromatic carbocycles. The van der Waals surface area contributed by atoms with Crippen molar-refractivity contribution in [2.45, 2.75) is 37.8 Å². The summed E-state index contributed by atoms with van der Waals surface area (Å²) in [6.45, 7) is 6.59. The summed E-state index contributed by atoms with van der Waals surface area (Å²) in [6.07, 6.45) is 2.74. The van der Waals surface area contributed by atoms with E-state index in [0.717, 1.165) is 11.5 Å². The molecule has 0 spiro atoms. The SMILES string of the molecule is CSc1ccc(C(=O)NC(C)(CN)CC(C)C)o1. The molecule has 18 heavy (non-hydrogen) atoms. The fraction of sp³-hybridized carbons (Fsp3) is 0.615. The Bertz CT molecular complexity index is 403. The highest BCUT2D eigenvalue weighted by Gasteiger charge is 2.27. The molecule has 0 fully saturated rings. The van der Waals surface area contributed by atoms with Gasteiger partial charge in [-0.05, 0) is 37.7 Å². The zero-order valence-electron chi connectivity index (χ0n) is 11.4. The second-order valence-corrected chi connectivity index (χ2v) is 5.95. The van der Waals surface area contributed by atoms with Crippen molar-refractivity contribution in [3.63, 3.8) is 0 Å². The van der Waals surface area contributed by atoms with Crippen molar-refractivity contribution in [1.82, 2.24) is 5.32 Å². The maximum atomic E-state index is 12.1. The number of carbonyl (C=O) groups is 1. The highest BCUT2D eigenvalue weighted by atomic mass is 32.2. The Balaban J connectivity index is 2.72. The minimum Gasteiger partial charge on any atom is -0.445 e. The van der Waals surface area contributed by atoms with Gasteiger partial charge in [0.25, 0.3) is 5.91 Å². The van der Waals surface area contributed by atoms with Crippen LogP contribution in [0.5, 0.6) is 0 Å². The maximum Gasteiger partial charge on any atom is 0.287 e. The van der Waals surface area contributed by atoms with Crippen LogP contribution in [0.15, 0.2) is 21.6 Å².